The number of aromatic nitrogens is 2. The molecule has 1 unspecified atom stereocenters. The number of hydrogen-bond acceptors (Lipinski definition) is 6. The van der Waals surface area contributed by atoms with E-state index in [4.69, 9.17) is 20.3 Å². The molecule has 1 amide bonds. The molecule has 0 bridgehead atoms. The maximum atomic E-state index is 8.82. The Balaban J connectivity index is 0.000000269. The summed E-state index contributed by atoms with van der Waals surface area (Å²) in [6.07, 6.45) is 7.85. The van der Waals surface area contributed by atoms with E-state index in [1.807, 2.05) is 67.1 Å². The maximum Gasteiger partial charge on any atom is 0.204 e. The number of nitrogens with two attached hydrogens (primary N) is 1. The number of aryl methyl sites for hydroxylation is 1. The highest BCUT2D eigenvalue weighted by Gasteiger charge is 2.22. The molecule has 10 heteroatoms. The molecule has 5 aromatic rings. The zero-order valence-corrected chi connectivity index (χ0v) is 24.4. The highest BCUT2D eigenvalue weighted by Crippen LogP contribution is 2.21. The molecule has 2 aromatic heterocycles. The number of aromatic amines is 2. The summed E-state index contributed by atoms with van der Waals surface area (Å²) in [5.74, 6) is 1.61. The summed E-state index contributed by atoms with van der Waals surface area (Å²) in [5.41, 5.74) is 12.9. The van der Waals surface area contributed by atoms with Crippen molar-refractivity contribution in [3.8, 4) is 5.75 Å². The Bertz CT molecular complexity index is 1680. The van der Waals surface area contributed by atoms with Gasteiger partial charge >= 0.3 is 0 Å². The number of ether oxygens (including phenoxy) is 1. The molecule has 1 atom stereocenters. The number of fused-ring (bicyclic) bond motifs is 2. The first-order valence-corrected chi connectivity index (χ1v) is 14.0. The van der Waals surface area contributed by atoms with Crippen LogP contribution < -0.4 is 15.9 Å². The number of hydrogen-bond donors (Lipinski definition) is 6. The van der Waals surface area contributed by atoms with Gasteiger partial charge in [-0.3, -0.25) is 15.6 Å². The fraction of sp³-hybridized carbons (Fsp3) is 0.212. The lowest BCUT2D eigenvalue weighted by Crippen LogP contribution is -2.39. The zero-order chi connectivity index (χ0) is 30.6. The van der Waals surface area contributed by atoms with Crippen molar-refractivity contribution >= 4 is 46.1 Å². The molecular weight excluding hydrogens is 540 g/mol. The van der Waals surface area contributed by atoms with Crippen LogP contribution in [-0.2, 0) is 17.8 Å². The SMILES string of the molecule is COc1ccc(CN(C(=N)Cc2c[nH]c3ccccc23)C(=N)CC2CC=NN2)cc1.Cc1c[nH]c2ccccc12.NC=O. The van der Waals surface area contributed by atoms with Crippen LogP contribution in [0.2, 0.25) is 0 Å². The van der Waals surface area contributed by atoms with Gasteiger partial charge in [0.1, 0.15) is 17.4 Å². The second-order valence-corrected chi connectivity index (χ2v) is 10.1. The average molecular weight is 579 g/mol. The predicted molar refractivity (Wildman–Crippen MR) is 174 cm³/mol. The Morgan fingerprint density at radius 3 is 2.23 bits per heavy atom. The standard InChI is InChI=1S/C23H26N6O.C9H9N.CH3NO/c1-30-19-8-6-16(7-9-19)15-29(23(25)13-18-10-11-27-28-18)22(24)12-17-14-26-21-5-3-2-4-20(17)21;1-7-6-10-9-5-3-2-4-8(7)9;2-1-3/h2-9,11,14,18,24-26,28H,10,12-13,15H2,1H3;2-6,10H,1H3;1H,(H2,2,3). The minimum Gasteiger partial charge on any atom is -0.497 e. The van der Waals surface area contributed by atoms with Crippen molar-refractivity contribution in [2.75, 3.05) is 7.11 Å². The molecule has 43 heavy (non-hydrogen) atoms. The smallest absolute Gasteiger partial charge is 0.204 e. The number of amides is 1. The Kier molecular flexibility index (Phi) is 10.7. The zero-order valence-electron chi connectivity index (χ0n) is 24.4. The van der Waals surface area contributed by atoms with E-state index in [2.05, 4.69) is 57.4 Å². The van der Waals surface area contributed by atoms with Crippen molar-refractivity contribution < 1.29 is 9.53 Å². The molecule has 0 radical (unpaired) electrons. The van der Waals surface area contributed by atoms with Gasteiger partial charge in [-0.05, 0) is 47.9 Å². The third-order valence-electron chi connectivity index (χ3n) is 7.16. The quantitative estimate of drug-likeness (QED) is 0.0856. The third kappa shape index (κ3) is 8.10. The summed E-state index contributed by atoms with van der Waals surface area (Å²) >= 11 is 0. The van der Waals surface area contributed by atoms with Gasteiger partial charge < -0.3 is 30.8 Å². The molecule has 3 heterocycles. The molecule has 0 aliphatic carbocycles. The number of amidine groups is 2. The van der Waals surface area contributed by atoms with Crippen molar-refractivity contribution in [2.45, 2.75) is 38.8 Å². The maximum absolute atomic E-state index is 8.82. The van der Waals surface area contributed by atoms with Gasteiger partial charge in [-0.1, -0.05) is 48.5 Å². The van der Waals surface area contributed by atoms with Crippen LogP contribution in [0.15, 0.2) is 90.3 Å². The van der Waals surface area contributed by atoms with E-state index in [0.29, 0.717) is 31.1 Å². The number of methoxy groups -OCH3 is 1. The van der Waals surface area contributed by atoms with Crippen LogP contribution in [-0.4, -0.2) is 52.3 Å². The van der Waals surface area contributed by atoms with Gasteiger partial charge in [0.2, 0.25) is 6.41 Å². The highest BCUT2D eigenvalue weighted by atomic mass is 16.5. The predicted octanol–water partition coefficient (Wildman–Crippen LogP) is 5.49. The highest BCUT2D eigenvalue weighted by molar-refractivity contribution is 6.00. The summed E-state index contributed by atoms with van der Waals surface area (Å²) in [6, 6.07) is 24.3. The number of primary amides is 1. The van der Waals surface area contributed by atoms with Crippen molar-refractivity contribution in [2.24, 2.45) is 10.8 Å². The topological polar surface area (TPSA) is 159 Å². The molecule has 222 valence electrons. The van der Waals surface area contributed by atoms with Crippen molar-refractivity contribution in [3.63, 3.8) is 0 Å². The van der Waals surface area contributed by atoms with Crippen LogP contribution in [0.5, 0.6) is 5.75 Å². The summed E-state index contributed by atoms with van der Waals surface area (Å²) in [4.78, 5) is 16.8. The van der Waals surface area contributed by atoms with E-state index >= 15 is 0 Å². The summed E-state index contributed by atoms with van der Waals surface area (Å²) in [7, 11) is 1.64. The van der Waals surface area contributed by atoms with Crippen molar-refractivity contribution in [3.05, 3.63) is 102 Å². The normalized spacial score (nSPS) is 13.3. The second-order valence-electron chi connectivity index (χ2n) is 10.1. The Labute approximate surface area is 251 Å². The number of benzene rings is 3. The number of H-pyrrole nitrogens is 2. The summed E-state index contributed by atoms with van der Waals surface area (Å²) < 4.78 is 5.25. The van der Waals surface area contributed by atoms with Gasteiger partial charge in [0.15, 0.2) is 0 Å². The van der Waals surface area contributed by atoms with E-state index in [-0.39, 0.29) is 12.5 Å². The van der Waals surface area contributed by atoms with Crippen molar-refractivity contribution in [1.82, 2.24) is 20.3 Å². The molecule has 1 aliphatic rings. The van der Waals surface area contributed by atoms with Crippen LogP contribution in [0.25, 0.3) is 21.8 Å². The van der Waals surface area contributed by atoms with Gasteiger partial charge in [0, 0.05) is 59.7 Å². The molecule has 0 saturated carbocycles. The molecule has 1 aliphatic heterocycles. The van der Waals surface area contributed by atoms with Gasteiger partial charge in [-0.2, -0.15) is 5.10 Å². The Hall–Kier alpha value is -5.38. The average Bonchev–Trinajstić information content (AvgIpc) is 3.78. The molecule has 10 nitrogen and oxygen atoms in total. The van der Waals surface area contributed by atoms with Gasteiger partial charge in [-0.15, -0.1) is 0 Å². The summed E-state index contributed by atoms with van der Waals surface area (Å²) in [6.45, 7) is 2.58. The number of hydrazone groups is 1. The third-order valence-corrected chi connectivity index (χ3v) is 7.16. The Morgan fingerprint density at radius 1 is 0.977 bits per heavy atom. The first-order chi connectivity index (χ1) is 20.9. The number of nitrogens with zero attached hydrogens (tertiary/aromatic N) is 2. The minimum absolute atomic E-state index is 0.108. The lowest BCUT2D eigenvalue weighted by atomic mass is 10.1. The largest absolute Gasteiger partial charge is 0.497 e. The van der Waals surface area contributed by atoms with Gasteiger partial charge in [0.05, 0.1) is 19.7 Å². The van der Waals surface area contributed by atoms with E-state index in [9.17, 15) is 0 Å². The lowest BCUT2D eigenvalue weighted by molar-refractivity contribution is -0.106. The Morgan fingerprint density at radius 2 is 1.60 bits per heavy atom. The molecule has 3 aromatic carbocycles. The molecular formula is C33H38N8O2. The monoisotopic (exact) mass is 578 g/mol. The van der Waals surface area contributed by atoms with Crippen LogP contribution >= 0.6 is 0 Å². The number of rotatable bonds is 7. The molecule has 0 spiro atoms. The lowest BCUT2D eigenvalue weighted by Gasteiger charge is -2.27. The summed E-state index contributed by atoms with van der Waals surface area (Å²) in [5, 5.41) is 24.0. The number of carbonyl (C=O) groups excluding carboxylic acids is 1. The molecule has 0 fully saturated rings. The van der Waals surface area contributed by atoms with Crippen LogP contribution in [0, 0.1) is 17.7 Å². The fourth-order valence-electron chi connectivity index (χ4n) is 4.90. The minimum atomic E-state index is 0.108. The van der Waals surface area contributed by atoms with E-state index in [1.165, 1.54) is 16.5 Å². The van der Waals surface area contributed by atoms with E-state index in [1.54, 1.807) is 12.0 Å². The first kappa shape index (κ1) is 30.6. The second kappa shape index (κ2) is 15.0. The van der Waals surface area contributed by atoms with Crippen LogP contribution in [0.1, 0.15) is 29.5 Å². The fourth-order valence-corrected chi connectivity index (χ4v) is 4.90. The number of para-hydroxylation sites is 2. The molecule has 6 rings (SSSR count). The van der Waals surface area contributed by atoms with Crippen LogP contribution in [0.4, 0.5) is 0 Å². The van der Waals surface area contributed by atoms with Gasteiger partial charge in [-0.25, -0.2) is 0 Å². The number of carbonyl (C=O) groups is 1. The molecule has 0 saturated heterocycles. The van der Waals surface area contributed by atoms with E-state index < -0.39 is 0 Å². The molecule has 7 N–H and O–H groups in total. The van der Waals surface area contributed by atoms with Crippen molar-refractivity contribution in [1.29, 1.82) is 10.8 Å². The van der Waals surface area contributed by atoms with Gasteiger partial charge in [0.25, 0.3) is 0 Å². The first-order valence-electron chi connectivity index (χ1n) is 14.0. The van der Waals surface area contributed by atoms with E-state index in [0.717, 1.165) is 34.2 Å². The number of nitrogens with one attached hydrogen (secondary N) is 5. The van der Waals surface area contributed by atoms with Crippen LogP contribution in [0.3, 0.4) is 0 Å².